The minimum absolute atomic E-state index is 0.210. The fraction of sp³-hybridized carbons (Fsp3) is 0.143. The van der Waals surface area contributed by atoms with E-state index in [1.807, 2.05) is 18.2 Å². The van der Waals surface area contributed by atoms with E-state index in [-0.39, 0.29) is 6.04 Å². The van der Waals surface area contributed by atoms with Crippen LogP contribution >= 0.6 is 34.3 Å². The van der Waals surface area contributed by atoms with Gasteiger partial charge in [-0.1, -0.05) is 11.6 Å². The number of fused-ring (bicyclic) bond motifs is 1. The van der Waals surface area contributed by atoms with Gasteiger partial charge in [-0.05, 0) is 35.7 Å². The van der Waals surface area contributed by atoms with Crippen molar-refractivity contribution in [2.75, 3.05) is 7.11 Å². The van der Waals surface area contributed by atoms with Crippen LogP contribution in [0, 0.1) is 0 Å². The first kappa shape index (κ1) is 12.9. The molecule has 19 heavy (non-hydrogen) atoms. The highest BCUT2D eigenvalue weighted by Gasteiger charge is 2.17. The van der Waals surface area contributed by atoms with Crippen LogP contribution in [0.4, 0.5) is 0 Å². The van der Waals surface area contributed by atoms with Crippen molar-refractivity contribution in [3.8, 4) is 5.75 Å². The van der Waals surface area contributed by atoms with Gasteiger partial charge in [0.15, 0.2) is 0 Å². The SMILES string of the molecule is COc1ccc(Cl)cc1C(N)c1cc2sccc2s1. The monoisotopic (exact) mass is 309 g/mol. The Morgan fingerprint density at radius 3 is 2.79 bits per heavy atom. The Morgan fingerprint density at radius 2 is 2.05 bits per heavy atom. The maximum absolute atomic E-state index is 6.36. The summed E-state index contributed by atoms with van der Waals surface area (Å²) in [6.07, 6.45) is 0. The zero-order chi connectivity index (χ0) is 13.4. The van der Waals surface area contributed by atoms with Gasteiger partial charge in [-0.25, -0.2) is 0 Å². The van der Waals surface area contributed by atoms with Crippen LogP contribution < -0.4 is 10.5 Å². The van der Waals surface area contributed by atoms with Crippen molar-refractivity contribution in [3.63, 3.8) is 0 Å². The molecule has 0 aliphatic heterocycles. The number of ether oxygens (including phenoxy) is 1. The molecule has 0 fully saturated rings. The predicted octanol–water partition coefficient (Wildman–Crippen LogP) is 4.67. The highest BCUT2D eigenvalue weighted by Crippen LogP contribution is 2.37. The second kappa shape index (κ2) is 5.13. The Morgan fingerprint density at radius 1 is 1.21 bits per heavy atom. The molecule has 0 saturated heterocycles. The third kappa shape index (κ3) is 2.37. The summed E-state index contributed by atoms with van der Waals surface area (Å²) < 4.78 is 7.92. The highest BCUT2D eigenvalue weighted by atomic mass is 35.5. The molecule has 2 aromatic heterocycles. The van der Waals surface area contributed by atoms with Gasteiger partial charge in [-0.15, -0.1) is 22.7 Å². The molecule has 0 spiro atoms. The lowest BCUT2D eigenvalue weighted by atomic mass is 10.1. The lowest BCUT2D eigenvalue weighted by molar-refractivity contribution is 0.408. The second-order valence-electron chi connectivity index (χ2n) is 4.16. The van der Waals surface area contributed by atoms with E-state index in [0.29, 0.717) is 5.02 Å². The summed E-state index contributed by atoms with van der Waals surface area (Å²) in [6, 6.07) is 9.60. The van der Waals surface area contributed by atoms with Gasteiger partial charge in [0, 0.05) is 24.9 Å². The first-order valence-electron chi connectivity index (χ1n) is 5.75. The fourth-order valence-electron chi connectivity index (χ4n) is 2.04. The van der Waals surface area contributed by atoms with Crippen molar-refractivity contribution in [2.45, 2.75) is 6.04 Å². The van der Waals surface area contributed by atoms with Crippen LogP contribution in [0.25, 0.3) is 9.40 Å². The summed E-state index contributed by atoms with van der Waals surface area (Å²) in [6.45, 7) is 0. The number of halogens is 1. The van der Waals surface area contributed by atoms with Crippen LogP contribution in [0.15, 0.2) is 35.7 Å². The number of nitrogens with two attached hydrogens (primary N) is 1. The maximum atomic E-state index is 6.36. The minimum Gasteiger partial charge on any atom is -0.496 e. The lowest BCUT2D eigenvalue weighted by Crippen LogP contribution is -2.11. The standard InChI is InChI=1S/C14H12ClNOS2/c1-17-10-3-2-8(15)6-9(10)14(16)13-7-12-11(19-13)4-5-18-12/h2-7,14H,16H2,1H3. The van der Waals surface area contributed by atoms with Crippen LogP contribution in [0.2, 0.25) is 5.02 Å². The van der Waals surface area contributed by atoms with Gasteiger partial charge < -0.3 is 10.5 Å². The summed E-state index contributed by atoms with van der Waals surface area (Å²) in [5, 5.41) is 2.76. The van der Waals surface area contributed by atoms with Gasteiger partial charge in [0.1, 0.15) is 5.75 Å². The van der Waals surface area contributed by atoms with Crippen LogP contribution in [0.5, 0.6) is 5.75 Å². The largest absolute Gasteiger partial charge is 0.496 e. The molecule has 1 unspecified atom stereocenters. The first-order chi connectivity index (χ1) is 9.19. The first-order valence-corrected chi connectivity index (χ1v) is 7.82. The van der Waals surface area contributed by atoms with E-state index in [2.05, 4.69) is 17.5 Å². The Balaban J connectivity index is 2.05. The summed E-state index contributed by atoms with van der Waals surface area (Å²) in [5.41, 5.74) is 7.28. The molecule has 0 aliphatic carbocycles. The van der Waals surface area contributed by atoms with Crippen LogP contribution in [-0.4, -0.2) is 7.11 Å². The molecule has 2 heterocycles. The van der Waals surface area contributed by atoms with Crippen molar-refractivity contribution >= 4 is 43.7 Å². The van der Waals surface area contributed by atoms with Gasteiger partial charge in [0.2, 0.25) is 0 Å². The molecule has 3 aromatic rings. The number of hydrogen-bond donors (Lipinski definition) is 1. The van der Waals surface area contributed by atoms with Gasteiger partial charge in [0.05, 0.1) is 13.2 Å². The number of benzene rings is 1. The van der Waals surface area contributed by atoms with Gasteiger partial charge >= 0.3 is 0 Å². The van der Waals surface area contributed by atoms with Crippen LogP contribution in [-0.2, 0) is 0 Å². The van der Waals surface area contributed by atoms with Gasteiger partial charge in [0.25, 0.3) is 0 Å². The average molecular weight is 310 g/mol. The third-order valence-electron chi connectivity index (χ3n) is 2.99. The second-order valence-corrected chi connectivity index (χ2v) is 6.66. The van der Waals surface area contributed by atoms with Crippen molar-refractivity contribution in [2.24, 2.45) is 5.73 Å². The molecule has 1 aromatic carbocycles. The Kier molecular flexibility index (Phi) is 3.50. The van der Waals surface area contributed by atoms with Crippen molar-refractivity contribution < 1.29 is 4.74 Å². The number of methoxy groups -OCH3 is 1. The number of rotatable bonds is 3. The van der Waals surface area contributed by atoms with Gasteiger partial charge in [-0.2, -0.15) is 0 Å². The lowest BCUT2D eigenvalue weighted by Gasteiger charge is -2.14. The third-order valence-corrected chi connectivity index (χ3v) is 5.40. The molecule has 3 rings (SSSR count). The molecular formula is C14H12ClNOS2. The molecule has 5 heteroatoms. The molecule has 0 bridgehead atoms. The quantitative estimate of drug-likeness (QED) is 0.763. The van der Waals surface area contributed by atoms with Crippen LogP contribution in [0.3, 0.4) is 0 Å². The van der Waals surface area contributed by atoms with E-state index in [4.69, 9.17) is 22.1 Å². The summed E-state index contributed by atoms with van der Waals surface area (Å²) in [4.78, 5) is 1.13. The van der Waals surface area contributed by atoms with E-state index in [1.165, 1.54) is 9.40 Å². The number of hydrogen-bond acceptors (Lipinski definition) is 4. The molecule has 0 radical (unpaired) electrons. The smallest absolute Gasteiger partial charge is 0.124 e. The summed E-state index contributed by atoms with van der Waals surface area (Å²) >= 11 is 9.51. The normalized spacial score (nSPS) is 12.8. The molecule has 2 N–H and O–H groups in total. The maximum Gasteiger partial charge on any atom is 0.124 e. The molecule has 0 aliphatic rings. The van der Waals surface area contributed by atoms with Crippen molar-refractivity contribution in [3.05, 3.63) is 51.2 Å². The molecular weight excluding hydrogens is 298 g/mol. The van der Waals surface area contributed by atoms with E-state index < -0.39 is 0 Å². The van der Waals surface area contributed by atoms with E-state index in [9.17, 15) is 0 Å². The molecule has 0 saturated carbocycles. The minimum atomic E-state index is -0.210. The van der Waals surface area contributed by atoms with Crippen molar-refractivity contribution in [1.82, 2.24) is 0 Å². The molecule has 0 amide bonds. The fourth-order valence-corrected chi connectivity index (χ4v) is 4.36. The van der Waals surface area contributed by atoms with E-state index >= 15 is 0 Å². The Hall–Kier alpha value is -1.07. The Bertz CT molecular complexity index is 691. The van der Waals surface area contributed by atoms with Crippen molar-refractivity contribution in [1.29, 1.82) is 0 Å². The average Bonchev–Trinajstić information content (AvgIpc) is 2.98. The molecule has 98 valence electrons. The van der Waals surface area contributed by atoms with E-state index in [1.54, 1.807) is 29.8 Å². The predicted molar refractivity (Wildman–Crippen MR) is 83.7 cm³/mol. The van der Waals surface area contributed by atoms with E-state index in [0.717, 1.165) is 16.2 Å². The summed E-state index contributed by atoms with van der Waals surface area (Å²) in [7, 11) is 1.65. The zero-order valence-corrected chi connectivity index (χ0v) is 12.6. The topological polar surface area (TPSA) is 35.2 Å². The Labute approximate surface area is 124 Å². The highest BCUT2D eigenvalue weighted by molar-refractivity contribution is 7.27. The molecule has 2 nitrogen and oxygen atoms in total. The number of thiophene rings is 2. The molecule has 1 atom stereocenters. The van der Waals surface area contributed by atoms with Crippen LogP contribution in [0.1, 0.15) is 16.5 Å². The van der Waals surface area contributed by atoms with Gasteiger partial charge in [-0.3, -0.25) is 0 Å². The summed E-state index contributed by atoms with van der Waals surface area (Å²) in [5.74, 6) is 0.772. The zero-order valence-electron chi connectivity index (χ0n) is 10.2.